The molecule has 1 heterocycles. The van der Waals surface area contributed by atoms with Crippen molar-refractivity contribution in [3.8, 4) is 0 Å². The maximum absolute atomic E-state index is 12.9. The number of nitrogens with one attached hydrogen (secondary N) is 2. The van der Waals surface area contributed by atoms with Crippen molar-refractivity contribution in [2.24, 2.45) is 4.99 Å². The van der Waals surface area contributed by atoms with Crippen LogP contribution >= 0.6 is 0 Å². The lowest BCUT2D eigenvalue weighted by Crippen LogP contribution is -2.48. The smallest absolute Gasteiger partial charge is 0.191 e. The van der Waals surface area contributed by atoms with Gasteiger partial charge in [0.1, 0.15) is 5.82 Å². The van der Waals surface area contributed by atoms with Crippen LogP contribution in [0.25, 0.3) is 0 Å². The topological polar surface area (TPSA) is 69.1 Å². The third-order valence-corrected chi connectivity index (χ3v) is 4.21. The van der Waals surface area contributed by atoms with Crippen LogP contribution in [-0.2, 0) is 11.2 Å². The number of hydrogen-bond donors (Lipinski definition) is 3. The summed E-state index contributed by atoms with van der Waals surface area (Å²) in [6.45, 7) is 9.25. The summed E-state index contributed by atoms with van der Waals surface area (Å²) >= 11 is 0. The molecule has 0 saturated carbocycles. The summed E-state index contributed by atoms with van der Waals surface area (Å²) in [6.07, 6.45) is 0.773. The molecule has 1 aliphatic rings. The molecule has 0 bridgehead atoms. The van der Waals surface area contributed by atoms with Crippen molar-refractivity contribution < 1.29 is 14.2 Å². The van der Waals surface area contributed by atoms with Gasteiger partial charge in [0.25, 0.3) is 0 Å². The first kappa shape index (κ1) is 20.6. The first-order chi connectivity index (χ1) is 12.5. The Morgan fingerprint density at radius 2 is 1.96 bits per heavy atom. The van der Waals surface area contributed by atoms with Gasteiger partial charge in [-0.3, -0.25) is 9.89 Å². The molecule has 0 radical (unpaired) electrons. The van der Waals surface area contributed by atoms with Crippen molar-refractivity contribution in [2.75, 3.05) is 52.5 Å². The van der Waals surface area contributed by atoms with Gasteiger partial charge in [0.05, 0.1) is 25.4 Å². The number of nitrogens with zero attached hydrogens (tertiary/aromatic N) is 2. The Morgan fingerprint density at radius 3 is 2.62 bits per heavy atom. The Balaban J connectivity index is 1.81. The predicted octanol–water partition coefficient (Wildman–Crippen LogP) is 1.01. The van der Waals surface area contributed by atoms with Crippen molar-refractivity contribution >= 4 is 5.96 Å². The molecular formula is C19H31FN4O2. The molecule has 1 aliphatic heterocycles. The number of guanidine groups is 1. The molecule has 1 fully saturated rings. The van der Waals surface area contributed by atoms with Crippen molar-refractivity contribution in [3.63, 3.8) is 0 Å². The van der Waals surface area contributed by atoms with E-state index in [0.717, 1.165) is 31.6 Å². The molecule has 0 aromatic heterocycles. The van der Waals surface area contributed by atoms with E-state index in [1.54, 1.807) is 12.1 Å². The molecule has 146 valence electrons. The van der Waals surface area contributed by atoms with Crippen LogP contribution in [0.4, 0.5) is 4.39 Å². The van der Waals surface area contributed by atoms with Crippen LogP contribution in [0, 0.1) is 5.82 Å². The van der Waals surface area contributed by atoms with E-state index in [0.29, 0.717) is 38.8 Å². The first-order valence-corrected chi connectivity index (χ1v) is 9.27. The molecular weight excluding hydrogens is 335 g/mol. The monoisotopic (exact) mass is 366 g/mol. The van der Waals surface area contributed by atoms with Gasteiger partial charge in [-0.25, -0.2) is 4.39 Å². The summed E-state index contributed by atoms with van der Waals surface area (Å²) < 4.78 is 18.3. The number of benzene rings is 1. The number of β-amino-alcohol motifs (C(OH)–C–C–N with tert-alkyl or cyclic N) is 1. The number of halogens is 1. The highest BCUT2D eigenvalue weighted by Crippen LogP contribution is 2.09. The molecule has 1 unspecified atom stereocenters. The van der Waals surface area contributed by atoms with Gasteiger partial charge in [0.15, 0.2) is 5.96 Å². The number of aliphatic imine (C=N–C) groups is 1. The Bertz CT molecular complexity index is 557. The Kier molecular flexibility index (Phi) is 8.28. The van der Waals surface area contributed by atoms with Crippen LogP contribution in [0.2, 0.25) is 0 Å². The Hall–Kier alpha value is -1.70. The fraction of sp³-hybridized carbons (Fsp3) is 0.632. The second-order valence-corrected chi connectivity index (χ2v) is 6.88. The van der Waals surface area contributed by atoms with Crippen molar-refractivity contribution in [3.05, 3.63) is 35.6 Å². The van der Waals surface area contributed by atoms with E-state index < -0.39 is 5.60 Å². The van der Waals surface area contributed by atoms with Crippen LogP contribution in [0.15, 0.2) is 29.3 Å². The fourth-order valence-electron chi connectivity index (χ4n) is 2.86. The molecule has 1 aromatic rings. The summed E-state index contributed by atoms with van der Waals surface area (Å²) in [5, 5.41) is 17.1. The normalized spacial score (nSPS) is 18.4. The third kappa shape index (κ3) is 7.68. The number of rotatable bonds is 8. The minimum atomic E-state index is -0.892. The third-order valence-electron chi connectivity index (χ3n) is 4.21. The highest BCUT2D eigenvalue weighted by Gasteiger charge is 2.25. The maximum atomic E-state index is 12.9. The van der Waals surface area contributed by atoms with E-state index in [2.05, 4.69) is 20.5 Å². The van der Waals surface area contributed by atoms with E-state index in [1.165, 1.54) is 12.1 Å². The minimum absolute atomic E-state index is 0.223. The van der Waals surface area contributed by atoms with E-state index in [9.17, 15) is 9.50 Å². The summed E-state index contributed by atoms with van der Waals surface area (Å²) in [4.78, 5) is 6.72. The summed E-state index contributed by atoms with van der Waals surface area (Å²) in [6, 6.07) is 6.51. The zero-order valence-corrected chi connectivity index (χ0v) is 15.8. The van der Waals surface area contributed by atoms with Crippen LogP contribution in [0.3, 0.4) is 0 Å². The van der Waals surface area contributed by atoms with E-state index in [4.69, 9.17) is 4.74 Å². The average Bonchev–Trinajstić information content (AvgIpc) is 2.62. The molecule has 3 N–H and O–H groups in total. The average molecular weight is 366 g/mol. The van der Waals surface area contributed by atoms with Crippen molar-refractivity contribution in [1.82, 2.24) is 15.5 Å². The lowest BCUT2D eigenvalue weighted by Gasteiger charge is -2.33. The van der Waals surface area contributed by atoms with Gasteiger partial charge in [0.2, 0.25) is 0 Å². The van der Waals surface area contributed by atoms with Gasteiger partial charge < -0.3 is 20.5 Å². The summed E-state index contributed by atoms with van der Waals surface area (Å²) in [5.74, 6) is 0.455. The van der Waals surface area contributed by atoms with E-state index in [1.807, 2.05) is 13.8 Å². The highest BCUT2D eigenvalue weighted by atomic mass is 19.1. The standard InChI is InChI=1S/C19H31FN4O2/c1-3-21-18(22-9-8-16-4-6-17(20)7-5-16)23-14-19(2,25)15-24-10-12-26-13-11-24/h4-7,25H,3,8-15H2,1-2H3,(H2,21,22,23). The lowest BCUT2D eigenvalue weighted by atomic mass is 10.1. The number of aliphatic hydroxyl groups is 1. The lowest BCUT2D eigenvalue weighted by molar-refractivity contribution is -0.0179. The molecule has 1 atom stereocenters. The second-order valence-electron chi connectivity index (χ2n) is 6.88. The predicted molar refractivity (Wildman–Crippen MR) is 102 cm³/mol. The van der Waals surface area contributed by atoms with Gasteiger partial charge in [-0.1, -0.05) is 12.1 Å². The van der Waals surface area contributed by atoms with Crippen LogP contribution in [0.5, 0.6) is 0 Å². The Morgan fingerprint density at radius 1 is 1.27 bits per heavy atom. The fourth-order valence-corrected chi connectivity index (χ4v) is 2.86. The molecule has 6 nitrogen and oxygen atoms in total. The second kappa shape index (κ2) is 10.4. The van der Waals surface area contributed by atoms with Crippen LogP contribution in [-0.4, -0.2) is 74.0 Å². The highest BCUT2D eigenvalue weighted by molar-refractivity contribution is 5.79. The summed E-state index contributed by atoms with van der Waals surface area (Å²) in [5.41, 5.74) is 0.172. The Labute approximate surface area is 155 Å². The van der Waals surface area contributed by atoms with E-state index >= 15 is 0 Å². The molecule has 2 rings (SSSR count). The van der Waals surface area contributed by atoms with Gasteiger partial charge in [0, 0.05) is 32.7 Å². The minimum Gasteiger partial charge on any atom is -0.387 e. The molecule has 1 aromatic carbocycles. The van der Waals surface area contributed by atoms with Gasteiger partial charge in [-0.2, -0.15) is 0 Å². The van der Waals surface area contributed by atoms with Gasteiger partial charge in [-0.05, 0) is 38.0 Å². The number of ether oxygens (including phenoxy) is 1. The SMILES string of the molecule is CCNC(=NCC(C)(O)CN1CCOCC1)NCCc1ccc(F)cc1. The maximum Gasteiger partial charge on any atom is 0.191 e. The summed E-state index contributed by atoms with van der Waals surface area (Å²) in [7, 11) is 0. The van der Waals surface area contributed by atoms with Crippen molar-refractivity contribution in [2.45, 2.75) is 25.9 Å². The molecule has 26 heavy (non-hydrogen) atoms. The molecule has 7 heteroatoms. The largest absolute Gasteiger partial charge is 0.387 e. The zero-order valence-electron chi connectivity index (χ0n) is 15.8. The van der Waals surface area contributed by atoms with Crippen LogP contribution in [0.1, 0.15) is 19.4 Å². The molecule has 0 spiro atoms. The van der Waals surface area contributed by atoms with Gasteiger partial charge in [-0.15, -0.1) is 0 Å². The van der Waals surface area contributed by atoms with Gasteiger partial charge >= 0.3 is 0 Å². The van der Waals surface area contributed by atoms with Crippen LogP contribution < -0.4 is 10.6 Å². The van der Waals surface area contributed by atoms with Crippen molar-refractivity contribution in [1.29, 1.82) is 0 Å². The molecule has 1 saturated heterocycles. The number of hydrogen-bond acceptors (Lipinski definition) is 4. The van der Waals surface area contributed by atoms with E-state index in [-0.39, 0.29) is 5.82 Å². The molecule has 0 amide bonds. The zero-order chi connectivity index (χ0) is 18.8. The number of morpholine rings is 1. The first-order valence-electron chi connectivity index (χ1n) is 9.27. The quantitative estimate of drug-likeness (QED) is 0.473. The molecule has 0 aliphatic carbocycles.